The quantitative estimate of drug-likeness (QED) is 0.825. The van der Waals surface area contributed by atoms with Crippen LogP contribution in [0.15, 0.2) is 27.6 Å². The fourth-order valence-corrected chi connectivity index (χ4v) is 4.88. The molecule has 0 saturated carbocycles. The zero-order valence-electron chi connectivity index (χ0n) is 11.1. The van der Waals surface area contributed by atoms with E-state index in [-0.39, 0.29) is 34.4 Å². The Kier molecular flexibility index (Phi) is 6.32. The average Bonchev–Trinajstić information content (AvgIpc) is 2.35. The van der Waals surface area contributed by atoms with Crippen LogP contribution in [0.25, 0.3) is 0 Å². The summed E-state index contributed by atoms with van der Waals surface area (Å²) in [5.74, 6) is 0. The molecule has 1 N–H and O–H groups in total. The second-order valence-electron chi connectivity index (χ2n) is 4.65. The van der Waals surface area contributed by atoms with Gasteiger partial charge in [0.05, 0.1) is 5.02 Å². The molecular weight excluding hydrogens is 387 g/mol. The van der Waals surface area contributed by atoms with Crippen molar-refractivity contribution < 1.29 is 8.42 Å². The van der Waals surface area contributed by atoms with Crippen molar-refractivity contribution in [2.24, 2.45) is 0 Å². The Morgan fingerprint density at radius 2 is 2.05 bits per heavy atom. The predicted octanol–water partition coefficient (Wildman–Crippen LogP) is 2.90. The number of halogens is 3. The number of piperazine rings is 1. The molecule has 0 spiro atoms. The largest absolute Gasteiger partial charge is 0.311 e. The van der Waals surface area contributed by atoms with Crippen LogP contribution in [-0.4, -0.2) is 37.9 Å². The minimum Gasteiger partial charge on any atom is -0.311 e. The van der Waals surface area contributed by atoms with Crippen molar-refractivity contribution >= 4 is 50.0 Å². The first kappa shape index (κ1) is 18.2. The van der Waals surface area contributed by atoms with Crippen LogP contribution in [-0.2, 0) is 10.0 Å². The molecule has 1 aliphatic heterocycles. The van der Waals surface area contributed by atoms with E-state index in [4.69, 9.17) is 11.6 Å². The Morgan fingerprint density at radius 1 is 1.40 bits per heavy atom. The van der Waals surface area contributed by atoms with Gasteiger partial charge in [0.2, 0.25) is 10.0 Å². The lowest BCUT2D eigenvalue weighted by atomic mass is 10.1. The van der Waals surface area contributed by atoms with Crippen LogP contribution in [0.5, 0.6) is 0 Å². The van der Waals surface area contributed by atoms with Gasteiger partial charge in [-0.15, -0.1) is 12.4 Å². The van der Waals surface area contributed by atoms with E-state index in [0.29, 0.717) is 17.6 Å². The number of hydrogen-bond donors (Lipinski definition) is 1. The van der Waals surface area contributed by atoms with Gasteiger partial charge in [-0.1, -0.05) is 17.7 Å². The van der Waals surface area contributed by atoms with Crippen LogP contribution in [0.2, 0.25) is 5.02 Å². The van der Waals surface area contributed by atoms with Crippen molar-refractivity contribution in [3.05, 3.63) is 27.7 Å². The molecule has 20 heavy (non-hydrogen) atoms. The molecule has 1 saturated heterocycles. The van der Waals surface area contributed by atoms with E-state index in [1.165, 1.54) is 4.31 Å². The van der Waals surface area contributed by atoms with Gasteiger partial charge in [-0.05, 0) is 41.9 Å². The molecule has 1 heterocycles. The standard InChI is InChI=1S/C12H16BrClN2O2S.ClH/c1-8-9(2)16(7-6-15-8)19(17,18)11-5-3-4-10(13)12(11)14;/h3-5,8-9,15H,6-7H2,1-2H3;1H. The molecule has 4 nitrogen and oxygen atoms in total. The molecule has 0 aliphatic carbocycles. The molecule has 1 aliphatic rings. The zero-order chi connectivity index (χ0) is 14.2. The summed E-state index contributed by atoms with van der Waals surface area (Å²) >= 11 is 9.37. The molecular formula is C12H17BrCl2N2O2S. The SMILES string of the molecule is CC1NCCN(S(=O)(=O)c2cccc(Br)c2Cl)C1C.Cl. The Balaban J connectivity index is 0.00000200. The first-order chi connectivity index (χ1) is 8.85. The number of nitrogens with one attached hydrogen (secondary N) is 1. The fourth-order valence-electron chi connectivity index (χ4n) is 2.17. The first-order valence-electron chi connectivity index (χ1n) is 6.05. The summed E-state index contributed by atoms with van der Waals surface area (Å²) in [5, 5.41) is 3.50. The van der Waals surface area contributed by atoms with Crippen LogP contribution < -0.4 is 5.32 Å². The number of rotatable bonds is 2. The van der Waals surface area contributed by atoms with E-state index >= 15 is 0 Å². The lowest BCUT2D eigenvalue weighted by Gasteiger charge is -2.37. The molecule has 2 rings (SSSR count). The highest BCUT2D eigenvalue weighted by Gasteiger charge is 2.35. The third-order valence-corrected chi connectivity index (χ3v) is 6.92. The van der Waals surface area contributed by atoms with E-state index in [2.05, 4.69) is 21.2 Å². The van der Waals surface area contributed by atoms with Gasteiger partial charge in [0, 0.05) is 29.6 Å². The Morgan fingerprint density at radius 3 is 2.70 bits per heavy atom. The second-order valence-corrected chi connectivity index (χ2v) is 7.74. The predicted molar refractivity (Wildman–Crippen MR) is 87.2 cm³/mol. The summed E-state index contributed by atoms with van der Waals surface area (Å²) in [6, 6.07) is 4.97. The van der Waals surface area contributed by atoms with Gasteiger partial charge in [0.25, 0.3) is 0 Å². The summed E-state index contributed by atoms with van der Waals surface area (Å²) in [6.45, 7) is 4.99. The molecule has 1 fully saturated rings. The summed E-state index contributed by atoms with van der Waals surface area (Å²) in [6.07, 6.45) is 0. The molecule has 8 heteroatoms. The van der Waals surface area contributed by atoms with Crippen LogP contribution >= 0.6 is 39.9 Å². The maximum absolute atomic E-state index is 12.7. The lowest BCUT2D eigenvalue weighted by Crippen LogP contribution is -2.57. The van der Waals surface area contributed by atoms with Gasteiger partial charge < -0.3 is 5.32 Å². The molecule has 2 unspecified atom stereocenters. The molecule has 0 amide bonds. The molecule has 0 radical (unpaired) electrons. The highest BCUT2D eigenvalue weighted by Crippen LogP contribution is 2.32. The lowest BCUT2D eigenvalue weighted by molar-refractivity contribution is 0.233. The fraction of sp³-hybridized carbons (Fsp3) is 0.500. The third-order valence-electron chi connectivity index (χ3n) is 3.48. The minimum absolute atomic E-state index is 0. The summed E-state index contributed by atoms with van der Waals surface area (Å²) < 4.78 is 27.5. The number of hydrogen-bond acceptors (Lipinski definition) is 3. The monoisotopic (exact) mass is 402 g/mol. The molecule has 1 aromatic rings. The van der Waals surface area contributed by atoms with E-state index in [0.717, 1.165) is 0 Å². The Labute approximate surface area is 139 Å². The smallest absolute Gasteiger partial charge is 0.244 e. The maximum atomic E-state index is 12.7. The van der Waals surface area contributed by atoms with Crippen molar-refractivity contribution in [2.75, 3.05) is 13.1 Å². The third kappa shape index (κ3) is 3.31. The number of sulfonamides is 1. The number of nitrogens with zero attached hydrogens (tertiary/aromatic N) is 1. The van der Waals surface area contributed by atoms with E-state index in [1.54, 1.807) is 18.2 Å². The van der Waals surface area contributed by atoms with E-state index < -0.39 is 10.0 Å². The first-order valence-corrected chi connectivity index (χ1v) is 8.66. The summed E-state index contributed by atoms with van der Waals surface area (Å²) in [4.78, 5) is 0.157. The van der Waals surface area contributed by atoms with Gasteiger partial charge in [0.1, 0.15) is 4.90 Å². The molecule has 114 valence electrons. The maximum Gasteiger partial charge on any atom is 0.244 e. The average molecular weight is 404 g/mol. The van der Waals surface area contributed by atoms with Crippen molar-refractivity contribution in [1.29, 1.82) is 0 Å². The van der Waals surface area contributed by atoms with Crippen LogP contribution in [0, 0.1) is 0 Å². The van der Waals surface area contributed by atoms with E-state index in [1.807, 2.05) is 13.8 Å². The van der Waals surface area contributed by atoms with Gasteiger partial charge in [-0.25, -0.2) is 8.42 Å². The van der Waals surface area contributed by atoms with Crippen LogP contribution in [0.4, 0.5) is 0 Å². The second kappa shape index (κ2) is 6.94. The zero-order valence-corrected chi connectivity index (χ0v) is 15.1. The van der Waals surface area contributed by atoms with E-state index in [9.17, 15) is 8.42 Å². The molecule has 2 atom stereocenters. The summed E-state index contributed by atoms with van der Waals surface area (Å²) in [7, 11) is -3.57. The number of benzene rings is 1. The molecule has 0 aromatic heterocycles. The topological polar surface area (TPSA) is 49.4 Å². The minimum atomic E-state index is -3.57. The van der Waals surface area contributed by atoms with Gasteiger partial charge >= 0.3 is 0 Å². The molecule has 1 aromatic carbocycles. The van der Waals surface area contributed by atoms with Gasteiger partial charge in [-0.2, -0.15) is 4.31 Å². The molecule has 0 bridgehead atoms. The van der Waals surface area contributed by atoms with Gasteiger partial charge in [-0.3, -0.25) is 0 Å². The van der Waals surface area contributed by atoms with Crippen molar-refractivity contribution in [2.45, 2.75) is 30.8 Å². The van der Waals surface area contributed by atoms with Crippen LogP contribution in [0.3, 0.4) is 0 Å². The highest BCUT2D eigenvalue weighted by atomic mass is 79.9. The Bertz CT molecular complexity index is 583. The van der Waals surface area contributed by atoms with Crippen molar-refractivity contribution in [1.82, 2.24) is 9.62 Å². The summed E-state index contributed by atoms with van der Waals surface area (Å²) in [5.41, 5.74) is 0. The normalized spacial score (nSPS) is 24.2. The van der Waals surface area contributed by atoms with Crippen LogP contribution in [0.1, 0.15) is 13.8 Å². The Hall–Kier alpha value is 0.150. The van der Waals surface area contributed by atoms with Gasteiger partial charge in [0.15, 0.2) is 0 Å². The highest BCUT2D eigenvalue weighted by molar-refractivity contribution is 9.10. The van der Waals surface area contributed by atoms with Crippen molar-refractivity contribution in [3.8, 4) is 0 Å². The van der Waals surface area contributed by atoms with Crippen molar-refractivity contribution in [3.63, 3.8) is 0 Å².